The molecule has 0 aliphatic heterocycles. The SMILES string of the molecule is CNCCC(Oc1ccccc1)c1ccccc1. The van der Waals surface area contributed by atoms with Crippen LogP contribution in [0.2, 0.25) is 0 Å². The monoisotopic (exact) mass is 241 g/mol. The van der Waals surface area contributed by atoms with E-state index in [1.807, 2.05) is 43.4 Å². The summed E-state index contributed by atoms with van der Waals surface area (Å²) >= 11 is 0. The second-order valence-corrected chi connectivity index (χ2v) is 4.22. The molecule has 94 valence electrons. The summed E-state index contributed by atoms with van der Waals surface area (Å²) in [5, 5.41) is 3.17. The zero-order chi connectivity index (χ0) is 12.6. The Morgan fingerprint density at radius 2 is 1.56 bits per heavy atom. The van der Waals surface area contributed by atoms with E-state index in [0.717, 1.165) is 18.7 Å². The third-order valence-electron chi connectivity index (χ3n) is 2.85. The van der Waals surface area contributed by atoms with Crippen molar-refractivity contribution in [2.45, 2.75) is 12.5 Å². The highest BCUT2D eigenvalue weighted by atomic mass is 16.5. The molecule has 2 rings (SSSR count). The number of hydrogen-bond acceptors (Lipinski definition) is 2. The van der Waals surface area contributed by atoms with Gasteiger partial charge in [0.15, 0.2) is 0 Å². The van der Waals surface area contributed by atoms with Gasteiger partial charge in [-0.15, -0.1) is 0 Å². The average Bonchev–Trinajstić information content (AvgIpc) is 2.45. The first-order valence-corrected chi connectivity index (χ1v) is 6.31. The molecule has 2 aromatic carbocycles. The quantitative estimate of drug-likeness (QED) is 0.836. The van der Waals surface area contributed by atoms with Gasteiger partial charge in [-0.2, -0.15) is 0 Å². The van der Waals surface area contributed by atoms with E-state index in [-0.39, 0.29) is 6.10 Å². The normalized spacial score (nSPS) is 12.1. The smallest absolute Gasteiger partial charge is 0.125 e. The minimum Gasteiger partial charge on any atom is -0.486 e. The number of nitrogens with one attached hydrogen (secondary N) is 1. The van der Waals surface area contributed by atoms with Gasteiger partial charge in [0.05, 0.1) is 0 Å². The maximum Gasteiger partial charge on any atom is 0.125 e. The molecule has 1 N–H and O–H groups in total. The number of benzene rings is 2. The van der Waals surface area contributed by atoms with Gasteiger partial charge in [0, 0.05) is 6.42 Å². The van der Waals surface area contributed by atoms with Crippen molar-refractivity contribution in [3.63, 3.8) is 0 Å². The van der Waals surface area contributed by atoms with E-state index < -0.39 is 0 Å². The van der Waals surface area contributed by atoms with Crippen LogP contribution in [0.15, 0.2) is 60.7 Å². The van der Waals surface area contributed by atoms with E-state index in [1.165, 1.54) is 5.56 Å². The number of hydrogen-bond donors (Lipinski definition) is 1. The van der Waals surface area contributed by atoms with Gasteiger partial charge in [0.2, 0.25) is 0 Å². The van der Waals surface area contributed by atoms with Crippen molar-refractivity contribution in [2.24, 2.45) is 0 Å². The zero-order valence-corrected chi connectivity index (χ0v) is 10.7. The topological polar surface area (TPSA) is 21.3 Å². The molecule has 0 fully saturated rings. The van der Waals surface area contributed by atoms with Gasteiger partial charge in [0.1, 0.15) is 11.9 Å². The molecule has 0 bridgehead atoms. The van der Waals surface area contributed by atoms with E-state index in [4.69, 9.17) is 4.74 Å². The van der Waals surface area contributed by atoms with Crippen molar-refractivity contribution in [1.29, 1.82) is 0 Å². The Hall–Kier alpha value is -1.80. The fourth-order valence-electron chi connectivity index (χ4n) is 1.90. The zero-order valence-electron chi connectivity index (χ0n) is 10.7. The molecular weight excluding hydrogens is 222 g/mol. The summed E-state index contributed by atoms with van der Waals surface area (Å²) in [5.74, 6) is 0.919. The largest absolute Gasteiger partial charge is 0.486 e. The van der Waals surface area contributed by atoms with Crippen molar-refractivity contribution in [3.05, 3.63) is 66.2 Å². The third-order valence-corrected chi connectivity index (χ3v) is 2.85. The summed E-state index contributed by atoms with van der Waals surface area (Å²) in [6, 6.07) is 20.3. The molecule has 0 saturated heterocycles. The highest BCUT2D eigenvalue weighted by Gasteiger charge is 2.12. The maximum absolute atomic E-state index is 6.06. The van der Waals surface area contributed by atoms with Crippen LogP contribution in [0.3, 0.4) is 0 Å². The minimum atomic E-state index is 0.0982. The lowest BCUT2D eigenvalue weighted by atomic mass is 10.1. The van der Waals surface area contributed by atoms with Gasteiger partial charge in [-0.3, -0.25) is 0 Å². The standard InChI is InChI=1S/C16H19NO/c1-17-13-12-16(14-8-4-2-5-9-14)18-15-10-6-3-7-11-15/h2-11,16-17H,12-13H2,1H3. The van der Waals surface area contributed by atoms with Gasteiger partial charge in [-0.05, 0) is 31.3 Å². The fraction of sp³-hybridized carbons (Fsp3) is 0.250. The molecule has 0 radical (unpaired) electrons. The Bertz CT molecular complexity index is 441. The molecule has 1 atom stereocenters. The molecule has 18 heavy (non-hydrogen) atoms. The Labute approximate surface area is 109 Å². The predicted octanol–water partition coefficient (Wildman–Crippen LogP) is 3.42. The van der Waals surface area contributed by atoms with E-state index in [0.29, 0.717) is 0 Å². The lowest BCUT2D eigenvalue weighted by Gasteiger charge is -2.19. The molecule has 1 unspecified atom stereocenters. The maximum atomic E-state index is 6.06. The fourth-order valence-corrected chi connectivity index (χ4v) is 1.90. The van der Waals surface area contributed by atoms with Crippen LogP contribution in [0.5, 0.6) is 5.75 Å². The Kier molecular flexibility index (Phi) is 4.79. The van der Waals surface area contributed by atoms with Crippen molar-refractivity contribution in [1.82, 2.24) is 5.32 Å². The number of para-hydroxylation sites is 1. The third kappa shape index (κ3) is 3.60. The van der Waals surface area contributed by atoms with Crippen LogP contribution in [-0.4, -0.2) is 13.6 Å². The van der Waals surface area contributed by atoms with Crippen molar-refractivity contribution in [2.75, 3.05) is 13.6 Å². The summed E-state index contributed by atoms with van der Waals surface area (Å²) in [7, 11) is 1.96. The highest BCUT2D eigenvalue weighted by molar-refractivity contribution is 5.24. The Balaban J connectivity index is 2.10. The van der Waals surface area contributed by atoms with Gasteiger partial charge in [-0.25, -0.2) is 0 Å². The van der Waals surface area contributed by atoms with Crippen molar-refractivity contribution in [3.8, 4) is 5.75 Å². The van der Waals surface area contributed by atoms with E-state index in [9.17, 15) is 0 Å². The first kappa shape index (κ1) is 12.7. The first-order chi connectivity index (χ1) is 8.90. The van der Waals surface area contributed by atoms with Gasteiger partial charge >= 0.3 is 0 Å². The molecule has 2 heteroatoms. The second-order valence-electron chi connectivity index (χ2n) is 4.22. The van der Waals surface area contributed by atoms with Crippen molar-refractivity contribution >= 4 is 0 Å². The summed E-state index contributed by atoms with van der Waals surface area (Å²) in [6.07, 6.45) is 1.05. The lowest BCUT2D eigenvalue weighted by Crippen LogP contribution is -2.16. The Morgan fingerprint density at radius 3 is 2.17 bits per heavy atom. The van der Waals surface area contributed by atoms with Crippen LogP contribution in [0.1, 0.15) is 18.1 Å². The molecule has 0 amide bonds. The molecule has 2 nitrogen and oxygen atoms in total. The molecule has 0 aromatic heterocycles. The first-order valence-electron chi connectivity index (χ1n) is 6.31. The van der Waals surface area contributed by atoms with Gasteiger partial charge in [-0.1, -0.05) is 48.5 Å². The molecule has 2 aromatic rings. The van der Waals surface area contributed by atoms with Crippen LogP contribution >= 0.6 is 0 Å². The molecular formula is C16H19NO. The minimum absolute atomic E-state index is 0.0982. The summed E-state index contributed by atoms with van der Waals surface area (Å²) < 4.78 is 6.06. The molecule has 0 aliphatic rings. The van der Waals surface area contributed by atoms with Gasteiger partial charge in [0.25, 0.3) is 0 Å². The van der Waals surface area contributed by atoms with Crippen LogP contribution in [-0.2, 0) is 0 Å². The highest BCUT2D eigenvalue weighted by Crippen LogP contribution is 2.24. The van der Waals surface area contributed by atoms with E-state index in [2.05, 4.69) is 29.6 Å². The Morgan fingerprint density at radius 1 is 0.944 bits per heavy atom. The van der Waals surface area contributed by atoms with Crippen LogP contribution < -0.4 is 10.1 Å². The summed E-state index contributed by atoms with van der Waals surface area (Å²) in [5.41, 5.74) is 1.22. The molecule has 0 saturated carbocycles. The molecule has 0 heterocycles. The summed E-state index contributed by atoms with van der Waals surface area (Å²) in [6.45, 7) is 0.937. The molecule has 0 aliphatic carbocycles. The number of ether oxygens (including phenoxy) is 1. The van der Waals surface area contributed by atoms with Gasteiger partial charge < -0.3 is 10.1 Å². The van der Waals surface area contributed by atoms with Crippen LogP contribution in [0, 0.1) is 0 Å². The molecule has 0 spiro atoms. The summed E-state index contributed by atoms with van der Waals surface area (Å²) in [4.78, 5) is 0. The van der Waals surface area contributed by atoms with Crippen LogP contribution in [0.4, 0.5) is 0 Å². The number of rotatable bonds is 6. The van der Waals surface area contributed by atoms with Crippen LogP contribution in [0.25, 0.3) is 0 Å². The predicted molar refractivity (Wildman–Crippen MR) is 74.8 cm³/mol. The van der Waals surface area contributed by atoms with Crippen molar-refractivity contribution < 1.29 is 4.74 Å². The van der Waals surface area contributed by atoms with E-state index >= 15 is 0 Å². The lowest BCUT2D eigenvalue weighted by molar-refractivity contribution is 0.195. The average molecular weight is 241 g/mol. The second kappa shape index (κ2) is 6.82. The van der Waals surface area contributed by atoms with E-state index in [1.54, 1.807) is 0 Å².